The summed E-state index contributed by atoms with van der Waals surface area (Å²) >= 11 is 0. The third-order valence-corrected chi connectivity index (χ3v) is 4.23. The van der Waals surface area contributed by atoms with Gasteiger partial charge in [-0.1, -0.05) is 29.8 Å². The van der Waals surface area contributed by atoms with E-state index in [1.54, 1.807) is 38.6 Å². The number of hydrogen-bond donors (Lipinski definition) is 2. The molecule has 0 unspecified atom stereocenters. The van der Waals surface area contributed by atoms with Gasteiger partial charge in [0.2, 0.25) is 0 Å². The second kappa shape index (κ2) is 8.90. The highest BCUT2D eigenvalue weighted by atomic mass is 16.5. The number of carbonyl (C=O) groups is 1. The van der Waals surface area contributed by atoms with Gasteiger partial charge >= 0.3 is 0 Å². The van der Waals surface area contributed by atoms with Crippen LogP contribution in [0.2, 0.25) is 0 Å². The van der Waals surface area contributed by atoms with Gasteiger partial charge in [0.25, 0.3) is 5.91 Å². The minimum absolute atomic E-state index is 0.159. The van der Waals surface area contributed by atoms with Crippen molar-refractivity contribution in [2.24, 2.45) is 0 Å². The van der Waals surface area contributed by atoms with Gasteiger partial charge in [-0.25, -0.2) is 4.98 Å². The molecule has 0 aliphatic heterocycles. The first-order valence-corrected chi connectivity index (χ1v) is 8.88. The molecule has 0 aliphatic carbocycles. The Labute approximate surface area is 164 Å². The maximum absolute atomic E-state index is 12.5. The summed E-state index contributed by atoms with van der Waals surface area (Å²) < 4.78 is 10.6. The number of nitrogens with zero attached hydrogens (tertiary/aromatic N) is 1. The highest BCUT2D eigenvalue weighted by Gasteiger charge is 2.10. The highest BCUT2D eigenvalue weighted by Crippen LogP contribution is 2.31. The van der Waals surface area contributed by atoms with Crippen LogP contribution in [0.4, 0.5) is 11.5 Å². The van der Waals surface area contributed by atoms with Crippen molar-refractivity contribution in [2.75, 3.05) is 19.5 Å². The van der Waals surface area contributed by atoms with E-state index >= 15 is 0 Å². The van der Waals surface area contributed by atoms with Gasteiger partial charge in [-0.05, 0) is 36.8 Å². The van der Waals surface area contributed by atoms with Gasteiger partial charge in [-0.2, -0.15) is 0 Å². The molecular formula is C22H23N3O3. The lowest BCUT2D eigenvalue weighted by Gasteiger charge is -2.12. The van der Waals surface area contributed by atoms with Gasteiger partial charge in [0.05, 0.1) is 19.9 Å². The molecule has 0 saturated heterocycles. The lowest BCUT2D eigenvalue weighted by molar-refractivity contribution is 0.0951. The molecule has 0 fully saturated rings. The average Bonchev–Trinajstić information content (AvgIpc) is 2.72. The molecule has 2 aromatic carbocycles. The summed E-state index contributed by atoms with van der Waals surface area (Å²) in [4.78, 5) is 16.8. The number of pyridine rings is 1. The van der Waals surface area contributed by atoms with Crippen LogP contribution in [-0.4, -0.2) is 25.1 Å². The van der Waals surface area contributed by atoms with E-state index in [4.69, 9.17) is 9.47 Å². The predicted molar refractivity (Wildman–Crippen MR) is 109 cm³/mol. The van der Waals surface area contributed by atoms with Crippen LogP contribution in [0.15, 0.2) is 60.8 Å². The zero-order valence-corrected chi connectivity index (χ0v) is 16.2. The van der Waals surface area contributed by atoms with E-state index in [1.807, 2.05) is 37.3 Å². The van der Waals surface area contributed by atoms with Gasteiger partial charge in [0.15, 0.2) is 0 Å². The van der Waals surface area contributed by atoms with Crippen molar-refractivity contribution in [3.05, 3.63) is 77.5 Å². The fourth-order valence-electron chi connectivity index (χ4n) is 2.79. The Kier molecular flexibility index (Phi) is 6.11. The van der Waals surface area contributed by atoms with E-state index < -0.39 is 0 Å². The summed E-state index contributed by atoms with van der Waals surface area (Å²) in [5.74, 6) is 1.70. The van der Waals surface area contributed by atoms with E-state index in [0.29, 0.717) is 29.4 Å². The number of benzene rings is 2. The smallest absolute Gasteiger partial charge is 0.251 e. The molecule has 2 N–H and O–H groups in total. The van der Waals surface area contributed by atoms with Crippen LogP contribution in [0.3, 0.4) is 0 Å². The molecule has 1 aromatic heterocycles. The Morgan fingerprint density at radius 3 is 2.64 bits per heavy atom. The van der Waals surface area contributed by atoms with Crippen LogP contribution in [0.25, 0.3) is 0 Å². The van der Waals surface area contributed by atoms with Crippen LogP contribution in [0.1, 0.15) is 21.5 Å². The van der Waals surface area contributed by atoms with Gasteiger partial charge in [-0.15, -0.1) is 0 Å². The zero-order valence-electron chi connectivity index (χ0n) is 16.2. The fourth-order valence-corrected chi connectivity index (χ4v) is 2.79. The number of hydrogen-bond acceptors (Lipinski definition) is 5. The molecule has 3 aromatic rings. The van der Waals surface area contributed by atoms with E-state index in [2.05, 4.69) is 21.7 Å². The maximum Gasteiger partial charge on any atom is 0.251 e. The first-order valence-electron chi connectivity index (χ1n) is 8.88. The van der Waals surface area contributed by atoms with E-state index in [0.717, 1.165) is 16.8 Å². The van der Waals surface area contributed by atoms with Crippen LogP contribution < -0.4 is 20.1 Å². The van der Waals surface area contributed by atoms with Crippen LogP contribution >= 0.6 is 0 Å². The second-order valence-electron chi connectivity index (χ2n) is 6.29. The van der Waals surface area contributed by atoms with Crippen molar-refractivity contribution >= 4 is 17.4 Å². The average molecular weight is 377 g/mol. The number of anilines is 2. The Bertz CT molecular complexity index is 973. The molecule has 0 aliphatic rings. The second-order valence-corrected chi connectivity index (χ2v) is 6.29. The summed E-state index contributed by atoms with van der Waals surface area (Å²) in [5, 5.41) is 6.12. The largest absolute Gasteiger partial charge is 0.497 e. The number of amides is 1. The van der Waals surface area contributed by atoms with E-state index in [9.17, 15) is 4.79 Å². The van der Waals surface area contributed by atoms with Crippen molar-refractivity contribution in [2.45, 2.75) is 13.5 Å². The molecule has 0 radical (unpaired) electrons. The van der Waals surface area contributed by atoms with Crippen LogP contribution in [0, 0.1) is 6.92 Å². The van der Waals surface area contributed by atoms with Gasteiger partial charge in [0, 0.05) is 24.4 Å². The van der Waals surface area contributed by atoms with E-state index in [1.165, 1.54) is 0 Å². The molecule has 0 spiro atoms. The number of aromatic nitrogens is 1. The molecule has 1 amide bonds. The Hall–Kier alpha value is -3.54. The number of methoxy groups -OCH3 is 2. The van der Waals surface area contributed by atoms with Crippen molar-refractivity contribution in [3.63, 3.8) is 0 Å². The Morgan fingerprint density at radius 2 is 1.89 bits per heavy atom. The lowest BCUT2D eigenvalue weighted by atomic mass is 10.1. The predicted octanol–water partition coefficient (Wildman–Crippen LogP) is 4.08. The first kappa shape index (κ1) is 19.2. The Morgan fingerprint density at radius 1 is 1.04 bits per heavy atom. The fraction of sp³-hybridized carbons (Fsp3) is 0.182. The number of aryl methyl sites for hydroxylation is 1. The first-order chi connectivity index (χ1) is 13.6. The number of carbonyl (C=O) groups excluding carboxylic acids is 1. The molecule has 3 rings (SSSR count). The summed E-state index contributed by atoms with van der Waals surface area (Å²) in [6.07, 6.45) is 1.60. The quantitative estimate of drug-likeness (QED) is 0.649. The highest BCUT2D eigenvalue weighted by molar-refractivity contribution is 5.94. The maximum atomic E-state index is 12.5. The summed E-state index contributed by atoms with van der Waals surface area (Å²) in [6.45, 7) is 2.50. The third kappa shape index (κ3) is 4.79. The molecule has 1 heterocycles. The standard InChI is InChI=1S/C22H23N3O3/c1-15-5-4-6-16(11-15)14-24-22(26)17-9-10-23-21(12-17)25-19-8-7-18(27-2)13-20(19)28-3/h4-13H,14H2,1-3H3,(H,23,25)(H,24,26). The van der Waals surface area contributed by atoms with E-state index in [-0.39, 0.29) is 5.91 Å². The lowest BCUT2D eigenvalue weighted by Crippen LogP contribution is -2.23. The molecule has 144 valence electrons. The van der Waals surface area contributed by atoms with Crippen molar-refractivity contribution < 1.29 is 14.3 Å². The van der Waals surface area contributed by atoms with Crippen molar-refractivity contribution in [3.8, 4) is 11.5 Å². The molecule has 0 atom stereocenters. The molecule has 28 heavy (non-hydrogen) atoms. The minimum atomic E-state index is -0.159. The molecule has 0 bridgehead atoms. The number of rotatable bonds is 7. The third-order valence-electron chi connectivity index (χ3n) is 4.23. The number of nitrogens with one attached hydrogen (secondary N) is 2. The van der Waals surface area contributed by atoms with Gasteiger partial charge in [0.1, 0.15) is 17.3 Å². The van der Waals surface area contributed by atoms with Crippen molar-refractivity contribution in [1.82, 2.24) is 10.3 Å². The summed E-state index contributed by atoms with van der Waals surface area (Å²) in [5.41, 5.74) is 3.48. The normalized spacial score (nSPS) is 10.2. The number of ether oxygens (including phenoxy) is 2. The van der Waals surface area contributed by atoms with Crippen LogP contribution in [0.5, 0.6) is 11.5 Å². The van der Waals surface area contributed by atoms with Gasteiger partial charge < -0.3 is 20.1 Å². The molecule has 6 nitrogen and oxygen atoms in total. The molecular weight excluding hydrogens is 354 g/mol. The monoisotopic (exact) mass is 377 g/mol. The van der Waals surface area contributed by atoms with Crippen molar-refractivity contribution in [1.29, 1.82) is 0 Å². The Balaban J connectivity index is 1.70. The minimum Gasteiger partial charge on any atom is -0.497 e. The topological polar surface area (TPSA) is 72.5 Å². The molecule has 6 heteroatoms. The zero-order chi connectivity index (χ0) is 19.9. The van der Waals surface area contributed by atoms with Crippen LogP contribution in [-0.2, 0) is 6.54 Å². The SMILES string of the molecule is COc1ccc(Nc2cc(C(=O)NCc3cccc(C)c3)ccn2)c(OC)c1. The summed E-state index contributed by atoms with van der Waals surface area (Å²) in [7, 11) is 3.19. The van der Waals surface area contributed by atoms with Gasteiger partial charge in [-0.3, -0.25) is 4.79 Å². The summed E-state index contributed by atoms with van der Waals surface area (Å²) in [6, 6.07) is 16.9. The molecule has 0 saturated carbocycles.